The normalized spacial score (nSPS) is 10.2. The van der Waals surface area contributed by atoms with Gasteiger partial charge in [0.05, 0.1) is 5.02 Å². The summed E-state index contributed by atoms with van der Waals surface area (Å²) in [5.41, 5.74) is 1.31. The number of nitrogens with zero attached hydrogens (tertiary/aromatic N) is 1. The van der Waals surface area contributed by atoms with Crippen LogP contribution in [0.4, 0.5) is 5.82 Å². The van der Waals surface area contributed by atoms with Crippen molar-refractivity contribution in [1.82, 2.24) is 4.98 Å². The highest BCUT2D eigenvalue weighted by Gasteiger charge is 2.00. The molecule has 0 spiro atoms. The van der Waals surface area contributed by atoms with Gasteiger partial charge >= 0.3 is 0 Å². The Kier molecular flexibility index (Phi) is 4.40. The van der Waals surface area contributed by atoms with Gasteiger partial charge in [0.25, 0.3) is 0 Å². The fourth-order valence-corrected chi connectivity index (χ4v) is 1.92. The second-order valence-corrected chi connectivity index (χ2v) is 4.79. The van der Waals surface area contributed by atoms with Crippen molar-refractivity contribution in [3.63, 3.8) is 0 Å². The third-order valence-corrected chi connectivity index (χ3v) is 3.50. The number of halogens is 2. The van der Waals surface area contributed by atoms with Crippen molar-refractivity contribution in [2.24, 2.45) is 0 Å². The van der Waals surface area contributed by atoms with Crippen LogP contribution in [0, 0.1) is 0 Å². The number of hydrogen-bond acceptors (Lipinski definition) is 2. The Hall–Kier alpha value is -1.06. The first kappa shape index (κ1) is 12.4. The predicted octanol–water partition coefficient (Wildman–Crippen LogP) is 4.15. The number of anilines is 1. The molecule has 0 saturated carbocycles. The Labute approximate surface area is 114 Å². The molecule has 0 fully saturated rings. The molecule has 0 aliphatic heterocycles. The van der Waals surface area contributed by atoms with Gasteiger partial charge in [0, 0.05) is 6.54 Å². The van der Waals surface area contributed by atoms with E-state index in [-0.39, 0.29) is 0 Å². The summed E-state index contributed by atoms with van der Waals surface area (Å²) >= 11 is 9.17. The highest BCUT2D eigenvalue weighted by Crippen LogP contribution is 2.21. The number of nitrogens with one attached hydrogen (secondary N) is 1. The molecule has 0 aliphatic carbocycles. The standard InChI is InChI=1S/C13H12BrClN2/c14-13-11(15)6-7-12(17-13)16-9-8-10-4-2-1-3-5-10/h1-7H,8-9H2,(H,16,17). The van der Waals surface area contributed by atoms with Crippen molar-refractivity contribution < 1.29 is 0 Å². The third kappa shape index (κ3) is 3.72. The zero-order chi connectivity index (χ0) is 12.1. The Morgan fingerprint density at radius 1 is 1.12 bits per heavy atom. The maximum Gasteiger partial charge on any atom is 0.127 e. The van der Waals surface area contributed by atoms with Gasteiger partial charge in [-0.3, -0.25) is 0 Å². The molecule has 88 valence electrons. The van der Waals surface area contributed by atoms with Gasteiger partial charge in [0.1, 0.15) is 10.4 Å². The molecule has 1 N–H and O–H groups in total. The molecular weight excluding hydrogens is 300 g/mol. The molecule has 0 radical (unpaired) electrons. The van der Waals surface area contributed by atoms with Crippen molar-refractivity contribution in [2.45, 2.75) is 6.42 Å². The molecule has 0 amide bonds. The molecule has 2 rings (SSSR count). The van der Waals surface area contributed by atoms with Crippen molar-refractivity contribution in [3.05, 3.63) is 57.7 Å². The number of benzene rings is 1. The van der Waals surface area contributed by atoms with E-state index < -0.39 is 0 Å². The molecule has 2 aromatic rings. The summed E-state index contributed by atoms with van der Waals surface area (Å²) in [6.07, 6.45) is 0.975. The largest absolute Gasteiger partial charge is 0.370 e. The Balaban J connectivity index is 1.88. The fourth-order valence-electron chi connectivity index (χ4n) is 1.50. The van der Waals surface area contributed by atoms with E-state index in [1.807, 2.05) is 30.3 Å². The summed E-state index contributed by atoms with van der Waals surface area (Å²) < 4.78 is 0.670. The molecule has 0 bridgehead atoms. The average molecular weight is 312 g/mol. The van der Waals surface area contributed by atoms with E-state index >= 15 is 0 Å². The summed E-state index contributed by atoms with van der Waals surface area (Å²) in [5, 5.41) is 3.89. The minimum absolute atomic E-state index is 0.624. The van der Waals surface area contributed by atoms with Gasteiger partial charge < -0.3 is 5.32 Å². The van der Waals surface area contributed by atoms with Crippen LogP contribution in [0.25, 0.3) is 0 Å². The fraction of sp³-hybridized carbons (Fsp3) is 0.154. The summed E-state index contributed by atoms with van der Waals surface area (Å²) in [4.78, 5) is 4.28. The van der Waals surface area contributed by atoms with Gasteiger partial charge in [-0.15, -0.1) is 0 Å². The molecular formula is C13H12BrClN2. The van der Waals surface area contributed by atoms with Crippen molar-refractivity contribution in [1.29, 1.82) is 0 Å². The van der Waals surface area contributed by atoms with Crippen LogP contribution in [-0.4, -0.2) is 11.5 Å². The van der Waals surface area contributed by atoms with Crippen molar-refractivity contribution >= 4 is 33.3 Å². The van der Waals surface area contributed by atoms with E-state index in [0.717, 1.165) is 18.8 Å². The summed E-state index contributed by atoms with van der Waals surface area (Å²) in [6.45, 7) is 0.852. The lowest BCUT2D eigenvalue weighted by Crippen LogP contribution is -2.06. The molecule has 1 aromatic carbocycles. The minimum Gasteiger partial charge on any atom is -0.370 e. The van der Waals surface area contributed by atoms with Crippen LogP contribution < -0.4 is 5.32 Å². The average Bonchev–Trinajstić information content (AvgIpc) is 2.35. The first-order valence-corrected chi connectivity index (χ1v) is 6.52. The van der Waals surface area contributed by atoms with Crippen LogP contribution >= 0.6 is 27.5 Å². The Morgan fingerprint density at radius 2 is 1.88 bits per heavy atom. The molecule has 0 unspecified atom stereocenters. The first-order valence-electron chi connectivity index (χ1n) is 5.35. The summed E-state index contributed by atoms with van der Waals surface area (Å²) in [7, 11) is 0. The van der Waals surface area contributed by atoms with E-state index in [0.29, 0.717) is 9.63 Å². The Bertz CT molecular complexity index is 488. The molecule has 1 aromatic heterocycles. The molecule has 0 aliphatic rings. The minimum atomic E-state index is 0.624. The maximum atomic E-state index is 5.87. The highest BCUT2D eigenvalue weighted by molar-refractivity contribution is 9.10. The zero-order valence-electron chi connectivity index (χ0n) is 9.16. The summed E-state index contributed by atoms with van der Waals surface area (Å²) in [5.74, 6) is 0.831. The topological polar surface area (TPSA) is 24.9 Å². The molecule has 4 heteroatoms. The quantitative estimate of drug-likeness (QED) is 0.858. The lowest BCUT2D eigenvalue weighted by atomic mass is 10.1. The lowest BCUT2D eigenvalue weighted by molar-refractivity contribution is 1.00. The molecule has 17 heavy (non-hydrogen) atoms. The molecule has 0 atom stereocenters. The first-order chi connectivity index (χ1) is 8.25. The third-order valence-electron chi connectivity index (χ3n) is 2.37. The van der Waals surface area contributed by atoms with Crippen molar-refractivity contribution in [3.8, 4) is 0 Å². The van der Waals surface area contributed by atoms with E-state index in [9.17, 15) is 0 Å². The van der Waals surface area contributed by atoms with E-state index in [2.05, 4.69) is 38.4 Å². The lowest BCUT2D eigenvalue weighted by Gasteiger charge is -2.06. The van der Waals surface area contributed by atoms with E-state index in [1.165, 1.54) is 5.56 Å². The van der Waals surface area contributed by atoms with E-state index in [4.69, 9.17) is 11.6 Å². The molecule has 1 heterocycles. The molecule has 2 nitrogen and oxygen atoms in total. The van der Waals surface area contributed by atoms with Crippen LogP contribution in [0.15, 0.2) is 47.1 Å². The smallest absolute Gasteiger partial charge is 0.127 e. The predicted molar refractivity (Wildman–Crippen MR) is 75.6 cm³/mol. The van der Waals surface area contributed by atoms with Crippen LogP contribution in [0.2, 0.25) is 5.02 Å². The Morgan fingerprint density at radius 3 is 2.59 bits per heavy atom. The van der Waals surface area contributed by atoms with Gasteiger partial charge in [0.15, 0.2) is 0 Å². The van der Waals surface area contributed by atoms with E-state index in [1.54, 1.807) is 0 Å². The monoisotopic (exact) mass is 310 g/mol. The second kappa shape index (κ2) is 6.03. The number of rotatable bonds is 4. The highest BCUT2D eigenvalue weighted by atomic mass is 79.9. The van der Waals surface area contributed by atoms with Crippen molar-refractivity contribution in [2.75, 3.05) is 11.9 Å². The van der Waals surface area contributed by atoms with Gasteiger partial charge in [0.2, 0.25) is 0 Å². The number of pyridine rings is 1. The number of aromatic nitrogens is 1. The zero-order valence-corrected chi connectivity index (χ0v) is 11.5. The van der Waals surface area contributed by atoms with Crippen LogP contribution in [0.1, 0.15) is 5.56 Å². The van der Waals surface area contributed by atoms with Gasteiger partial charge in [-0.05, 0) is 40.0 Å². The van der Waals surface area contributed by atoms with Crippen LogP contribution in [0.3, 0.4) is 0 Å². The summed E-state index contributed by atoms with van der Waals surface area (Å²) in [6, 6.07) is 14.1. The van der Waals surface area contributed by atoms with Gasteiger partial charge in [-0.2, -0.15) is 0 Å². The SMILES string of the molecule is Clc1ccc(NCCc2ccccc2)nc1Br. The van der Waals surface area contributed by atoms with Gasteiger partial charge in [-0.25, -0.2) is 4.98 Å². The van der Waals surface area contributed by atoms with Gasteiger partial charge in [-0.1, -0.05) is 41.9 Å². The number of hydrogen-bond donors (Lipinski definition) is 1. The van der Waals surface area contributed by atoms with Crippen LogP contribution in [-0.2, 0) is 6.42 Å². The molecule has 0 saturated heterocycles. The van der Waals surface area contributed by atoms with Crippen LogP contribution in [0.5, 0.6) is 0 Å². The maximum absolute atomic E-state index is 5.87. The second-order valence-electron chi connectivity index (χ2n) is 3.63.